The molecule has 5 aromatic rings. The highest BCUT2D eigenvalue weighted by atomic mass is 16.5. The first-order chi connectivity index (χ1) is 23.3. The van der Waals surface area contributed by atoms with Gasteiger partial charge in [0.2, 0.25) is 11.8 Å². The summed E-state index contributed by atoms with van der Waals surface area (Å²) in [6.07, 6.45) is 1.86. The smallest absolute Gasteiger partial charge is 0.313 e. The highest BCUT2D eigenvalue weighted by Gasteiger charge is 2.30. The van der Waals surface area contributed by atoms with Crippen LogP contribution in [0.25, 0.3) is 10.8 Å². The Morgan fingerprint density at radius 1 is 0.837 bits per heavy atom. The molecule has 0 saturated heterocycles. The standard InChI is InChI=1S/C40H41N3O6/c1-25-18-19-43(24-29-13-17-34(49-5)26(2)20-29)38(46)36(25)42-37(45)33(22-27-11-15-32(16-12-27)40(3,4)39(47)48)41-35(44)23-28-10-14-30-8-6-7-9-31(30)21-28/h6-21,33H,22-24H2,1-5H3,(H,41,44)(H,42,45)(H,47,48). The molecule has 0 aliphatic rings. The van der Waals surface area contributed by atoms with Gasteiger partial charge in [0.1, 0.15) is 17.5 Å². The van der Waals surface area contributed by atoms with Crippen molar-refractivity contribution >= 4 is 34.2 Å². The van der Waals surface area contributed by atoms with Crippen LogP contribution in [0, 0.1) is 13.8 Å². The number of carboxylic acids is 1. The molecular weight excluding hydrogens is 618 g/mol. The van der Waals surface area contributed by atoms with Gasteiger partial charge in [-0.3, -0.25) is 19.2 Å². The molecular formula is C40H41N3O6. The molecule has 2 amide bonds. The van der Waals surface area contributed by atoms with Gasteiger partial charge in [0.15, 0.2) is 0 Å². The molecule has 49 heavy (non-hydrogen) atoms. The van der Waals surface area contributed by atoms with Crippen molar-refractivity contribution in [2.45, 2.75) is 58.5 Å². The van der Waals surface area contributed by atoms with Crippen molar-refractivity contribution < 1.29 is 24.2 Å². The monoisotopic (exact) mass is 659 g/mol. The Kier molecular flexibility index (Phi) is 10.3. The third kappa shape index (κ3) is 8.06. The van der Waals surface area contributed by atoms with Gasteiger partial charge in [0, 0.05) is 12.6 Å². The van der Waals surface area contributed by atoms with E-state index in [2.05, 4.69) is 10.6 Å². The fourth-order valence-electron chi connectivity index (χ4n) is 5.79. The van der Waals surface area contributed by atoms with Gasteiger partial charge in [-0.15, -0.1) is 0 Å². The molecule has 1 unspecified atom stereocenters. The minimum Gasteiger partial charge on any atom is -0.496 e. The van der Waals surface area contributed by atoms with Crippen LogP contribution in [-0.2, 0) is 39.2 Å². The Bertz CT molecular complexity index is 2080. The lowest BCUT2D eigenvalue weighted by atomic mass is 9.84. The molecule has 1 aromatic heterocycles. The lowest BCUT2D eigenvalue weighted by Gasteiger charge is -2.22. The molecule has 0 radical (unpaired) electrons. The molecule has 252 valence electrons. The molecule has 0 saturated carbocycles. The number of amides is 2. The Morgan fingerprint density at radius 3 is 2.18 bits per heavy atom. The van der Waals surface area contributed by atoms with Crippen molar-refractivity contribution in [1.29, 1.82) is 0 Å². The maximum atomic E-state index is 13.9. The van der Waals surface area contributed by atoms with Gasteiger partial charge in [0.25, 0.3) is 5.56 Å². The third-order valence-corrected chi connectivity index (χ3v) is 8.91. The number of benzene rings is 4. The normalized spacial score (nSPS) is 11.9. The number of ether oxygens (including phenoxy) is 1. The molecule has 1 atom stereocenters. The number of nitrogens with zero attached hydrogens (tertiary/aromatic N) is 1. The van der Waals surface area contributed by atoms with E-state index in [1.54, 1.807) is 64.4 Å². The van der Waals surface area contributed by atoms with Gasteiger partial charge in [0.05, 0.1) is 25.5 Å². The number of hydrogen-bond donors (Lipinski definition) is 3. The SMILES string of the molecule is COc1ccc(Cn2ccc(C)c(NC(=O)C(Cc3ccc(C(C)(C)C(=O)O)cc3)NC(=O)Cc3ccc4ccccc4c3)c2=O)cc1C. The minimum atomic E-state index is -1.10. The Labute approximate surface area is 285 Å². The highest BCUT2D eigenvalue weighted by Crippen LogP contribution is 2.24. The molecule has 0 spiro atoms. The molecule has 0 bridgehead atoms. The van der Waals surface area contributed by atoms with Gasteiger partial charge < -0.3 is 25.0 Å². The van der Waals surface area contributed by atoms with Crippen LogP contribution in [0.15, 0.2) is 102 Å². The lowest BCUT2D eigenvalue weighted by Crippen LogP contribution is -2.46. The van der Waals surface area contributed by atoms with Crippen molar-refractivity contribution in [2.75, 3.05) is 12.4 Å². The van der Waals surface area contributed by atoms with Crippen LogP contribution in [-0.4, -0.2) is 40.6 Å². The van der Waals surface area contributed by atoms with Gasteiger partial charge in [-0.2, -0.15) is 0 Å². The summed E-state index contributed by atoms with van der Waals surface area (Å²) >= 11 is 0. The summed E-state index contributed by atoms with van der Waals surface area (Å²) in [4.78, 5) is 52.8. The van der Waals surface area contributed by atoms with E-state index in [1.807, 2.05) is 67.6 Å². The van der Waals surface area contributed by atoms with E-state index in [-0.39, 0.29) is 36.5 Å². The predicted molar refractivity (Wildman–Crippen MR) is 191 cm³/mol. The second-order valence-electron chi connectivity index (χ2n) is 12.9. The summed E-state index contributed by atoms with van der Waals surface area (Å²) in [6, 6.07) is 27.1. The van der Waals surface area contributed by atoms with E-state index >= 15 is 0 Å². The van der Waals surface area contributed by atoms with E-state index in [0.29, 0.717) is 16.7 Å². The van der Waals surface area contributed by atoms with Crippen molar-refractivity contribution in [3.63, 3.8) is 0 Å². The molecule has 4 aromatic carbocycles. The quantitative estimate of drug-likeness (QED) is 0.152. The van der Waals surface area contributed by atoms with Gasteiger partial charge in [-0.05, 0) is 84.0 Å². The summed E-state index contributed by atoms with van der Waals surface area (Å²) in [5.74, 6) is -1.09. The number of hydrogen-bond acceptors (Lipinski definition) is 5. The van der Waals surface area contributed by atoms with E-state index in [4.69, 9.17) is 4.74 Å². The molecule has 9 heteroatoms. The van der Waals surface area contributed by atoms with Gasteiger partial charge >= 0.3 is 5.97 Å². The van der Waals surface area contributed by atoms with Crippen molar-refractivity contribution in [2.24, 2.45) is 0 Å². The number of carboxylic acid groups (broad SMARTS) is 1. The average Bonchev–Trinajstić information content (AvgIpc) is 3.07. The van der Waals surface area contributed by atoms with Crippen molar-refractivity contribution in [3.8, 4) is 5.75 Å². The fraction of sp³-hybridized carbons (Fsp3) is 0.250. The van der Waals surface area contributed by atoms with Crippen molar-refractivity contribution in [3.05, 3.63) is 141 Å². The Morgan fingerprint density at radius 2 is 1.51 bits per heavy atom. The molecule has 0 aliphatic heterocycles. The van der Waals surface area contributed by atoms with Crippen molar-refractivity contribution in [1.82, 2.24) is 9.88 Å². The topological polar surface area (TPSA) is 127 Å². The molecule has 0 fully saturated rings. The predicted octanol–water partition coefficient (Wildman–Crippen LogP) is 5.95. The Balaban J connectivity index is 1.40. The van der Waals surface area contributed by atoms with Crippen LogP contribution in [0.1, 0.15) is 47.2 Å². The number of anilines is 1. The molecule has 5 rings (SSSR count). The van der Waals surface area contributed by atoms with E-state index in [0.717, 1.165) is 33.2 Å². The number of pyridine rings is 1. The maximum absolute atomic E-state index is 13.9. The number of fused-ring (bicyclic) bond motifs is 1. The summed E-state index contributed by atoms with van der Waals surface area (Å²) < 4.78 is 6.88. The zero-order valence-electron chi connectivity index (χ0n) is 28.4. The summed E-state index contributed by atoms with van der Waals surface area (Å²) in [7, 11) is 1.61. The average molecular weight is 660 g/mol. The Hall–Kier alpha value is -5.70. The number of nitrogens with one attached hydrogen (secondary N) is 2. The van der Waals surface area contributed by atoms with Crippen LogP contribution in [0.2, 0.25) is 0 Å². The largest absolute Gasteiger partial charge is 0.496 e. The number of carbonyl (C=O) groups is 3. The summed E-state index contributed by atoms with van der Waals surface area (Å²) in [5, 5.41) is 17.4. The van der Waals surface area contributed by atoms with Crippen LogP contribution in [0.4, 0.5) is 5.69 Å². The van der Waals surface area contributed by atoms with E-state index in [9.17, 15) is 24.3 Å². The lowest BCUT2D eigenvalue weighted by molar-refractivity contribution is -0.142. The molecule has 0 aliphatic carbocycles. The van der Waals surface area contributed by atoms with Crippen LogP contribution >= 0.6 is 0 Å². The minimum absolute atomic E-state index is 0.0544. The number of rotatable bonds is 12. The number of aliphatic carboxylic acids is 1. The number of carbonyl (C=O) groups excluding carboxylic acids is 2. The second-order valence-corrected chi connectivity index (χ2v) is 12.9. The van der Waals surface area contributed by atoms with Gasteiger partial charge in [-0.25, -0.2) is 0 Å². The van der Waals surface area contributed by atoms with Crippen LogP contribution in [0.3, 0.4) is 0 Å². The zero-order valence-corrected chi connectivity index (χ0v) is 28.4. The highest BCUT2D eigenvalue weighted by molar-refractivity contribution is 5.98. The molecule has 3 N–H and O–H groups in total. The van der Waals surface area contributed by atoms with Crippen LogP contribution in [0.5, 0.6) is 5.75 Å². The molecule has 1 heterocycles. The van der Waals surface area contributed by atoms with Crippen LogP contribution < -0.4 is 20.9 Å². The number of aryl methyl sites for hydroxylation is 2. The first kappa shape index (κ1) is 34.6. The number of methoxy groups -OCH3 is 1. The first-order valence-electron chi connectivity index (χ1n) is 16.1. The second kappa shape index (κ2) is 14.6. The van der Waals surface area contributed by atoms with E-state index in [1.165, 1.54) is 4.57 Å². The third-order valence-electron chi connectivity index (χ3n) is 8.91. The number of aromatic nitrogens is 1. The summed E-state index contributed by atoms with van der Waals surface area (Å²) in [5.41, 5.74) is 3.20. The summed E-state index contributed by atoms with van der Waals surface area (Å²) in [6.45, 7) is 7.21. The fourth-order valence-corrected chi connectivity index (χ4v) is 5.79. The first-order valence-corrected chi connectivity index (χ1v) is 16.1. The van der Waals surface area contributed by atoms with Gasteiger partial charge in [-0.1, -0.05) is 78.9 Å². The van der Waals surface area contributed by atoms with E-state index < -0.39 is 23.3 Å². The maximum Gasteiger partial charge on any atom is 0.313 e. The molecule has 9 nitrogen and oxygen atoms in total. The zero-order chi connectivity index (χ0) is 35.3.